The third-order valence-corrected chi connectivity index (χ3v) is 3.92. The molecular weight excluding hydrogens is 228 g/mol. The first-order valence-corrected chi connectivity index (χ1v) is 7.14. The Balaban J connectivity index is 1.65. The summed E-state index contributed by atoms with van der Waals surface area (Å²) in [4.78, 5) is 4.13. The Morgan fingerprint density at radius 3 is 3.00 bits per heavy atom. The number of aromatic nitrogens is 1. The Hall–Kier alpha value is -0.960. The van der Waals surface area contributed by atoms with Gasteiger partial charge in [0, 0.05) is 17.9 Å². The molecule has 0 spiro atoms. The number of thioether (sulfide) groups is 1. The third kappa shape index (κ3) is 4.08. The molecule has 17 heavy (non-hydrogen) atoms. The number of pyridine rings is 1. The first-order chi connectivity index (χ1) is 8.16. The molecule has 3 heteroatoms. The lowest BCUT2D eigenvalue weighted by Crippen LogP contribution is -2.32. The van der Waals surface area contributed by atoms with Gasteiger partial charge in [-0.2, -0.15) is 0 Å². The number of aryl methyl sites for hydroxylation is 1. The fraction of sp³-hybridized carbons (Fsp3) is 0.500. The van der Waals surface area contributed by atoms with Crippen LogP contribution < -0.4 is 5.32 Å². The van der Waals surface area contributed by atoms with Crippen molar-refractivity contribution in [3.05, 3.63) is 41.2 Å². The van der Waals surface area contributed by atoms with Gasteiger partial charge in [-0.15, -0.1) is 11.8 Å². The molecule has 92 valence electrons. The summed E-state index contributed by atoms with van der Waals surface area (Å²) in [6, 6.07) is 4.15. The van der Waals surface area contributed by atoms with E-state index in [-0.39, 0.29) is 5.54 Å². The summed E-state index contributed by atoms with van der Waals surface area (Å²) < 4.78 is 0. The Morgan fingerprint density at radius 2 is 2.35 bits per heavy atom. The van der Waals surface area contributed by atoms with E-state index in [0.29, 0.717) is 0 Å². The monoisotopic (exact) mass is 248 g/mol. The van der Waals surface area contributed by atoms with Gasteiger partial charge in [0.2, 0.25) is 0 Å². The van der Waals surface area contributed by atoms with Gasteiger partial charge in [0.25, 0.3) is 0 Å². The Labute approximate surface area is 108 Å². The fourth-order valence-electron chi connectivity index (χ4n) is 1.88. The minimum absolute atomic E-state index is 0.256. The van der Waals surface area contributed by atoms with Gasteiger partial charge in [-0.05, 0) is 50.5 Å². The first kappa shape index (κ1) is 12.5. The molecule has 2 rings (SSSR count). The van der Waals surface area contributed by atoms with Crippen LogP contribution in [0.2, 0.25) is 0 Å². The Morgan fingerprint density at radius 1 is 1.47 bits per heavy atom. The van der Waals surface area contributed by atoms with Gasteiger partial charge in [0.05, 0.1) is 5.03 Å². The highest BCUT2D eigenvalue weighted by atomic mass is 32.2. The molecule has 0 bridgehead atoms. The third-order valence-electron chi connectivity index (χ3n) is 2.85. The maximum atomic E-state index is 4.13. The van der Waals surface area contributed by atoms with E-state index in [1.807, 2.05) is 30.2 Å². The van der Waals surface area contributed by atoms with Crippen LogP contribution in [-0.2, 0) is 6.42 Å². The van der Waals surface area contributed by atoms with Crippen LogP contribution in [0.15, 0.2) is 35.6 Å². The number of nitrogens with one attached hydrogen (secondary N) is 1. The summed E-state index contributed by atoms with van der Waals surface area (Å²) in [6.45, 7) is 4.49. The lowest BCUT2D eigenvalue weighted by molar-refractivity contribution is 0.474. The summed E-state index contributed by atoms with van der Waals surface area (Å²) in [5.41, 5.74) is 1.59. The smallest absolute Gasteiger partial charge is 0.0645 e. The second kappa shape index (κ2) is 5.58. The molecule has 0 fully saturated rings. The highest BCUT2D eigenvalue weighted by Crippen LogP contribution is 2.27. The number of hydrogen-bond donors (Lipinski definition) is 1. The molecular formula is C14H20N2S. The largest absolute Gasteiger partial charge is 0.375 e. The van der Waals surface area contributed by atoms with Crippen molar-refractivity contribution in [2.45, 2.75) is 38.6 Å². The van der Waals surface area contributed by atoms with Crippen molar-refractivity contribution < 1.29 is 0 Å². The van der Waals surface area contributed by atoms with Gasteiger partial charge in [0.1, 0.15) is 0 Å². The van der Waals surface area contributed by atoms with Crippen molar-refractivity contribution in [2.75, 3.05) is 5.75 Å². The predicted molar refractivity (Wildman–Crippen MR) is 74.9 cm³/mol. The maximum absolute atomic E-state index is 4.13. The number of rotatable bonds is 5. The van der Waals surface area contributed by atoms with Crippen LogP contribution >= 0.6 is 11.8 Å². The van der Waals surface area contributed by atoms with Crippen LogP contribution in [0.4, 0.5) is 0 Å². The van der Waals surface area contributed by atoms with Crippen LogP contribution in [-0.4, -0.2) is 16.3 Å². The predicted octanol–water partition coefficient (Wildman–Crippen LogP) is 3.36. The van der Waals surface area contributed by atoms with Crippen LogP contribution in [0.1, 0.15) is 32.3 Å². The van der Waals surface area contributed by atoms with Gasteiger partial charge in [0.15, 0.2) is 0 Å². The molecule has 0 aliphatic carbocycles. The van der Waals surface area contributed by atoms with E-state index in [1.54, 1.807) is 0 Å². The molecule has 0 saturated heterocycles. The molecule has 0 atom stereocenters. The Bertz CT molecular complexity index is 384. The molecule has 1 N–H and O–H groups in total. The van der Waals surface area contributed by atoms with Crippen molar-refractivity contribution in [3.8, 4) is 0 Å². The quantitative estimate of drug-likeness (QED) is 0.809. The minimum atomic E-state index is 0.256. The van der Waals surface area contributed by atoms with E-state index in [1.165, 1.54) is 22.8 Å². The SMILES string of the molecule is CC1(C)CC=C(SCCCc2cccnc2)N1. The summed E-state index contributed by atoms with van der Waals surface area (Å²) in [5.74, 6) is 1.17. The van der Waals surface area contributed by atoms with Gasteiger partial charge in [-0.1, -0.05) is 12.1 Å². The van der Waals surface area contributed by atoms with E-state index in [4.69, 9.17) is 0 Å². The normalized spacial score (nSPS) is 17.6. The molecule has 2 heterocycles. The zero-order valence-electron chi connectivity index (χ0n) is 10.6. The van der Waals surface area contributed by atoms with Crippen molar-refractivity contribution in [2.24, 2.45) is 0 Å². The van der Waals surface area contributed by atoms with Crippen molar-refractivity contribution in [1.29, 1.82) is 0 Å². The topological polar surface area (TPSA) is 24.9 Å². The van der Waals surface area contributed by atoms with Gasteiger partial charge >= 0.3 is 0 Å². The molecule has 0 unspecified atom stereocenters. The van der Waals surface area contributed by atoms with Gasteiger partial charge in [-0.25, -0.2) is 0 Å². The second-order valence-electron chi connectivity index (χ2n) is 5.09. The highest BCUT2D eigenvalue weighted by molar-refractivity contribution is 8.03. The molecule has 0 radical (unpaired) electrons. The summed E-state index contributed by atoms with van der Waals surface area (Å²) in [7, 11) is 0. The molecule has 0 aromatic carbocycles. The zero-order chi connectivity index (χ0) is 12.1. The minimum Gasteiger partial charge on any atom is -0.375 e. The lowest BCUT2D eigenvalue weighted by atomic mass is 10.1. The Kier molecular flexibility index (Phi) is 4.11. The van der Waals surface area contributed by atoms with Crippen LogP contribution in [0.3, 0.4) is 0 Å². The fourth-order valence-corrected chi connectivity index (χ4v) is 2.94. The van der Waals surface area contributed by atoms with E-state index < -0.39 is 0 Å². The van der Waals surface area contributed by atoms with Gasteiger partial charge < -0.3 is 5.32 Å². The van der Waals surface area contributed by atoms with Crippen LogP contribution in [0, 0.1) is 0 Å². The average molecular weight is 248 g/mol. The van der Waals surface area contributed by atoms with Crippen LogP contribution in [0.25, 0.3) is 0 Å². The molecule has 1 aromatic heterocycles. The average Bonchev–Trinajstić information content (AvgIpc) is 2.66. The zero-order valence-corrected chi connectivity index (χ0v) is 11.4. The molecule has 1 aromatic rings. The van der Waals surface area contributed by atoms with E-state index in [9.17, 15) is 0 Å². The van der Waals surface area contributed by atoms with Crippen molar-refractivity contribution >= 4 is 11.8 Å². The molecule has 1 aliphatic heterocycles. The van der Waals surface area contributed by atoms with Crippen molar-refractivity contribution in [3.63, 3.8) is 0 Å². The van der Waals surface area contributed by atoms with Crippen LogP contribution in [0.5, 0.6) is 0 Å². The standard InChI is InChI=1S/C14H20N2S/c1-14(2)8-7-13(16-14)17-10-4-6-12-5-3-9-15-11-12/h3,5,7,9,11,16H,4,6,8,10H2,1-2H3. The first-order valence-electron chi connectivity index (χ1n) is 6.16. The lowest BCUT2D eigenvalue weighted by Gasteiger charge is -2.20. The summed E-state index contributed by atoms with van der Waals surface area (Å²) >= 11 is 1.94. The van der Waals surface area contributed by atoms with Crippen molar-refractivity contribution in [1.82, 2.24) is 10.3 Å². The summed E-state index contributed by atoms with van der Waals surface area (Å²) in [5, 5.41) is 4.89. The summed E-state index contributed by atoms with van der Waals surface area (Å²) in [6.07, 6.45) is 9.56. The van der Waals surface area contributed by atoms with E-state index in [0.717, 1.165) is 12.8 Å². The van der Waals surface area contributed by atoms with Gasteiger partial charge in [-0.3, -0.25) is 4.98 Å². The number of hydrogen-bond acceptors (Lipinski definition) is 3. The second-order valence-corrected chi connectivity index (χ2v) is 6.23. The van der Waals surface area contributed by atoms with E-state index in [2.05, 4.69) is 36.3 Å². The highest BCUT2D eigenvalue weighted by Gasteiger charge is 2.22. The molecule has 1 aliphatic rings. The molecule has 2 nitrogen and oxygen atoms in total. The molecule has 0 saturated carbocycles. The molecule has 0 amide bonds. The number of nitrogens with zero attached hydrogens (tertiary/aromatic N) is 1. The van der Waals surface area contributed by atoms with E-state index >= 15 is 0 Å². The maximum Gasteiger partial charge on any atom is 0.0645 e.